The van der Waals surface area contributed by atoms with Crippen LogP contribution in [-0.2, 0) is 34.5 Å². The van der Waals surface area contributed by atoms with Gasteiger partial charge in [0.25, 0.3) is 0 Å². The number of hydrogen-bond acceptors (Lipinski definition) is 10. The molecule has 0 unspecified atom stereocenters. The van der Waals surface area contributed by atoms with E-state index in [-0.39, 0.29) is 36.3 Å². The summed E-state index contributed by atoms with van der Waals surface area (Å²) in [7, 11) is 0. The fourth-order valence-electron chi connectivity index (χ4n) is 5.05. The fourth-order valence-corrected chi connectivity index (χ4v) is 5.59. The highest BCUT2D eigenvalue weighted by Gasteiger charge is 2.35. The Morgan fingerprint density at radius 1 is 1.22 bits per heavy atom. The van der Waals surface area contributed by atoms with Crippen molar-refractivity contribution in [2.75, 3.05) is 25.0 Å². The second-order valence-corrected chi connectivity index (χ2v) is 11.5. The molecule has 13 nitrogen and oxygen atoms in total. The number of anilines is 1. The number of hydrogen-bond donors (Lipinski definition) is 4. The maximum Gasteiger partial charge on any atom is 0.338 e. The van der Waals surface area contributed by atoms with Crippen molar-refractivity contribution in [1.82, 2.24) is 30.6 Å². The number of halogens is 1. The Morgan fingerprint density at radius 2 is 2.07 bits per heavy atom. The molecule has 5 rings (SSSR count). The molecule has 1 aliphatic heterocycles. The minimum atomic E-state index is -1.39. The van der Waals surface area contributed by atoms with Gasteiger partial charge in [0.05, 0.1) is 17.8 Å². The highest BCUT2D eigenvalue weighted by molar-refractivity contribution is 7.13. The van der Waals surface area contributed by atoms with Gasteiger partial charge in [0, 0.05) is 62.2 Å². The van der Waals surface area contributed by atoms with Crippen LogP contribution in [0.25, 0.3) is 0 Å². The molecule has 4 aromatic rings. The summed E-state index contributed by atoms with van der Waals surface area (Å²) in [5.41, 5.74) is 1.25. The van der Waals surface area contributed by atoms with E-state index in [9.17, 15) is 23.9 Å². The zero-order valence-electron chi connectivity index (χ0n) is 24.6. The first-order valence-electron chi connectivity index (χ1n) is 14.2. The van der Waals surface area contributed by atoms with Crippen LogP contribution in [0.1, 0.15) is 47.4 Å². The average Bonchev–Trinajstić information content (AvgIpc) is 3.65. The van der Waals surface area contributed by atoms with E-state index < -0.39 is 22.9 Å². The Morgan fingerprint density at radius 3 is 2.80 bits per heavy atom. The summed E-state index contributed by atoms with van der Waals surface area (Å²) >= 11 is 1.33. The van der Waals surface area contributed by atoms with E-state index in [0.29, 0.717) is 43.4 Å². The van der Waals surface area contributed by atoms with E-state index in [2.05, 4.69) is 31.2 Å². The summed E-state index contributed by atoms with van der Waals surface area (Å²) in [6.07, 6.45) is 4.70. The molecule has 15 heteroatoms. The number of nitrogens with zero attached hydrogens (tertiary/aromatic N) is 4. The van der Waals surface area contributed by atoms with Crippen molar-refractivity contribution in [3.8, 4) is 17.2 Å². The maximum atomic E-state index is 14.5. The van der Waals surface area contributed by atoms with Gasteiger partial charge in [-0.25, -0.2) is 18.9 Å². The van der Waals surface area contributed by atoms with Gasteiger partial charge in [-0.3, -0.25) is 9.59 Å². The van der Waals surface area contributed by atoms with Crippen LogP contribution in [0.3, 0.4) is 0 Å². The molecular weight excluding hydrogens is 605 g/mol. The molecule has 0 saturated heterocycles. The summed E-state index contributed by atoms with van der Waals surface area (Å²) in [5, 5.41) is 28.7. The maximum absolute atomic E-state index is 14.5. The molecule has 0 radical (unpaired) electrons. The second kappa shape index (κ2) is 13.8. The van der Waals surface area contributed by atoms with Crippen molar-refractivity contribution in [2.45, 2.75) is 45.2 Å². The first kappa shape index (κ1) is 31.5. The third-order valence-electron chi connectivity index (χ3n) is 7.18. The molecule has 0 spiro atoms. The van der Waals surface area contributed by atoms with Gasteiger partial charge in [-0.1, -0.05) is 5.21 Å². The van der Waals surface area contributed by atoms with E-state index in [4.69, 9.17) is 9.47 Å². The molecule has 0 bridgehead atoms. The number of nitrogens with one attached hydrogen (secondary N) is 3. The van der Waals surface area contributed by atoms with E-state index in [1.807, 2.05) is 13.0 Å². The van der Waals surface area contributed by atoms with Gasteiger partial charge in [-0.2, -0.15) is 0 Å². The van der Waals surface area contributed by atoms with Crippen LogP contribution in [0.2, 0.25) is 0 Å². The number of ether oxygens (including phenoxy) is 2. The van der Waals surface area contributed by atoms with Crippen LogP contribution in [-0.4, -0.2) is 62.6 Å². The molecule has 45 heavy (non-hydrogen) atoms. The molecule has 0 fully saturated rings. The number of aromatic nitrogens is 4. The lowest BCUT2D eigenvalue weighted by atomic mass is 9.81. The molecule has 236 valence electrons. The number of carbonyl (C=O) groups excluding carboxylic acids is 2. The van der Waals surface area contributed by atoms with Gasteiger partial charge in [-0.05, 0) is 48.7 Å². The number of benzene rings is 2. The third-order valence-corrected chi connectivity index (χ3v) is 7.87. The Balaban J connectivity index is 1.38. The number of rotatable bonds is 13. The Bertz CT molecular complexity index is 1700. The Labute approximate surface area is 261 Å². The largest absolute Gasteiger partial charge is 0.488 e. The van der Waals surface area contributed by atoms with Gasteiger partial charge >= 0.3 is 5.97 Å². The summed E-state index contributed by atoms with van der Waals surface area (Å²) in [4.78, 5) is 39.5. The van der Waals surface area contributed by atoms with Crippen LogP contribution in [0.5, 0.6) is 17.2 Å². The number of thiazole rings is 1. The van der Waals surface area contributed by atoms with Crippen molar-refractivity contribution < 1.29 is 33.4 Å². The van der Waals surface area contributed by atoms with Crippen LogP contribution in [0.15, 0.2) is 48.1 Å². The monoisotopic (exact) mass is 637 g/mol. The van der Waals surface area contributed by atoms with E-state index >= 15 is 0 Å². The summed E-state index contributed by atoms with van der Waals surface area (Å²) in [6, 6.07) is 7.13. The molecule has 4 N–H and O–H groups in total. The van der Waals surface area contributed by atoms with Gasteiger partial charge in [-0.15, -0.1) is 16.4 Å². The third kappa shape index (κ3) is 7.99. The second-order valence-electron chi connectivity index (χ2n) is 10.6. The van der Waals surface area contributed by atoms with Crippen molar-refractivity contribution in [3.05, 3.63) is 76.3 Å². The van der Waals surface area contributed by atoms with Crippen molar-refractivity contribution in [1.29, 1.82) is 0 Å². The lowest BCUT2D eigenvalue weighted by molar-refractivity contribution is -0.119. The molecule has 3 heterocycles. The Kier molecular flexibility index (Phi) is 9.68. The SMILES string of the molecule is CC(=O)NCCc1cn(CCOc2cc3c(cc2Oc2ccc(C(=O)O)c(F)c2)[C@@](C)(CC(=O)Nc2nccs2)NCC3)nn1. The lowest BCUT2D eigenvalue weighted by Gasteiger charge is -2.37. The molecule has 2 amide bonds. The number of carboxylic acids is 1. The summed E-state index contributed by atoms with van der Waals surface area (Å²) < 4.78 is 28.4. The van der Waals surface area contributed by atoms with Crippen molar-refractivity contribution in [3.63, 3.8) is 0 Å². The topological polar surface area (TPSA) is 170 Å². The molecule has 0 saturated carbocycles. The number of fused-ring (bicyclic) bond motifs is 1. The predicted octanol–water partition coefficient (Wildman–Crippen LogP) is 3.51. The normalized spacial score (nSPS) is 15.6. The molecular formula is C30H32FN7O6S. The first-order chi connectivity index (χ1) is 21.6. The highest BCUT2D eigenvalue weighted by atomic mass is 32.1. The minimum Gasteiger partial charge on any atom is -0.488 e. The summed E-state index contributed by atoms with van der Waals surface area (Å²) in [6.45, 7) is 5.01. The molecule has 0 aliphatic carbocycles. The zero-order chi connectivity index (χ0) is 32.0. The van der Waals surface area contributed by atoms with Crippen LogP contribution in [0, 0.1) is 5.82 Å². The van der Waals surface area contributed by atoms with Crippen LogP contribution >= 0.6 is 11.3 Å². The molecule has 2 aromatic heterocycles. The van der Waals surface area contributed by atoms with Crippen molar-refractivity contribution in [2.24, 2.45) is 0 Å². The number of aromatic carboxylic acids is 1. The van der Waals surface area contributed by atoms with Crippen LogP contribution < -0.4 is 25.4 Å². The predicted molar refractivity (Wildman–Crippen MR) is 162 cm³/mol. The van der Waals surface area contributed by atoms with Crippen LogP contribution in [0.4, 0.5) is 9.52 Å². The minimum absolute atomic E-state index is 0.0781. The van der Waals surface area contributed by atoms with E-state index in [1.54, 1.807) is 28.5 Å². The van der Waals surface area contributed by atoms with Gasteiger partial charge in [0.15, 0.2) is 16.6 Å². The summed E-state index contributed by atoms with van der Waals surface area (Å²) in [5.74, 6) is -1.93. The first-order valence-corrected chi connectivity index (χ1v) is 15.1. The van der Waals surface area contributed by atoms with Gasteiger partial charge < -0.3 is 30.5 Å². The lowest BCUT2D eigenvalue weighted by Crippen LogP contribution is -2.47. The van der Waals surface area contributed by atoms with E-state index in [1.165, 1.54) is 24.3 Å². The molecule has 1 atom stereocenters. The average molecular weight is 638 g/mol. The number of carboxylic acid groups (broad SMARTS) is 1. The number of carbonyl (C=O) groups is 3. The zero-order valence-corrected chi connectivity index (χ0v) is 25.4. The smallest absolute Gasteiger partial charge is 0.338 e. The van der Waals surface area contributed by atoms with Crippen molar-refractivity contribution >= 4 is 34.3 Å². The quantitative estimate of drug-likeness (QED) is 0.170. The van der Waals surface area contributed by atoms with E-state index in [0.717, 1.165) is 29.0 Å². The fraction of sp³-hybridized carbons (Fsp3) is 0.333. The Hall–Kier alpha value is -4.89. The molecule has 1 aliphatic rings. The van der Waals surface area contributed by atoms with Gasteiger partial charge in [0.1, 0.15) is 18.2 Å². The number of amides is 2. The van der Waals surface area contributed by atoms with Gasteiger partial charge in [0.2, 0.25) is 11.8 Å². The standard InChI is InChI=1S/C30H32FN7O6S/c1-18(39)32-7-6-20-17-38(37-36-20)10-11-43-25-13-19-5-8-34-30(2,16-27(40)35-29-33-9-12-45-29)23(19)15-26(25)44-21-3-4-22(28(41)42)24(31)14-21/h3-4,9,12-15,17,34H,5-8,10-11,16H2,1-2H3,(H,32,39)(H,41,42)(H,33,35,40)/t30-/m1/s1. The highest BCUT2D eigenvalue weighted by Crippen LogP contribution is 2.41. The molecule has 2 aromatic carbocycles.